The lowest BCUT2D eigenvalue weighted by Gasteiger charge is -2.28. The Kier molecular flexibility index (Phi) is 5.72. The van der Waals surface area contributed by atoms with E-state index < -0.39 is 5.54 Å². The zero-order valence-electron chi connectivity index (χ0n) is 15.1. The fourth-order valence-electron chi connectivity index (χ4n) is 4.09. The Bertz CT molecular complexity index is 518. The normalized spacial score (nSPS) is 27.7. The van der Waals surface area contributed by atoms with Crippen LogP contribution in [0.5, 0.6) is 0 Å². The first kappa shape index (κ1) is 18.5. The van der Waals surface area contributed by atoms with E-state index in [9.17, 15) is 9.59 Å². The van der Waals surface area contributed by atoms with Gasteiger partial charge in [0.05, 0.1) is 5.54 Å². The molecule has 7 heteroatoms. The molecule has 0 saturated heterocycles. The molecule has 0 unspecified atom stereocenters. The Balaban J connectivity index is 1.74. The van der Waals surface area contributed by atoms with Gasteiger partial charge in [-0.1, -0.05) is 11.6 Å². The van der Waals surface area contributed by atoms with Crippen molar-refractivity contribution in [1.29, 1.82) is 0 Å². The van der Waals surface area contributed by atoms with Gasteiger partial charge in [0.25, 0.3) is 5.91 Å². The third-order valence-electron chi connectivity index (χ3n) is 5.31. The van der Waals surface area contributed by atoms with E-state index in [4.69, 9.17) is 10.6 Å². The van der Waals surface area contributed by atoms with E-state index in [1.807, 2.05) is 0 Å². The van der Waals surface area contributed by atoms with Crippen LogP contribution < -0.4 is 16.4 Å². The van der Waals surface area contributed by atoms with Gasteiger partial charge in [-0.2, -0.15) is 0 Å². The molecule has 0 aromatic carbocycles. The average molecular weight is 338 g/mol. The van der Waals surface area contributed by atoms with Crippen molar-refractivity contribution in [2.75, 3.05) is 6.61 Å². The summed E-state index contributed by atoms with van der Waals surface area (Å²) in [6.45, 7) is 6.73. The molecule has 0 heterocycles. The SMILES string of the molecule is CC(=O)NC(C)(C)/C(N)=N/OCC(=O)N[C@H](C)[C@@H]1C[C@H]2CC[C@H]1C2. The molecule has 0 spiro atoms. The number of nitrogens with two attached hydrogens (primary N) is 1. The van der Waals surface area contributed by atoms with Crippen molar-refractivity contribution in [2.24, 2.45) is 28.6 Å². The molecule has 2 rings (SSSR count). The Morgan fingerprint density at radius 2 is 2.04 bits per heavy atom. The number of nitrogens with one attached hydrogen (secondary N) is 2. The molecule has 24 heavy (non-hydrogen) atoms. The van der Waals surface area contributed by atoms with E-state index in [1.54, 1.807) is 13.8 Å². The lowest BCUT2D eigenvalue weighted by molar-refractivity contribution is -0.127. The summed E-state index contributed by atoms with van der Waals surface area (Å²) in [7, 11) is 0. The lowest BCUT2D eigenvalue weighted by Crippen LogP contribution is -2.52. The molecule has 0 aliphatic heterocycles. The maximum absolute atomic E-state index is 12.0. The summed E-state index contributed by atoms with van der Waals surface area (Å²) in [5, 5.41) is 9.42. The highest BCUT2D eigenvalue weighted by Crippen LogP contribution is 2.49. The summed E-state index contributed by atoms with van der Waals surface area (Å²) >= 11 is 0. The molecular weight excluding hydrogens is 308 g/mol. The second-order valence-corrected chi connectivity index (χ2v) is 7.75. The Morgan fingerprint density at radius 1 is 1.33 bits per heavy atom. The second kappa shape index (κ2) is 7.40. The molecule has 2 fully saturated rings. The number of fused-ring (bicyclic) bond motifs is 2. The van der Waals surface area contributed by atoms with E-state index in [0.717, 1.165) is 11.8 Å². The van der Waals surface area contributed by atoms with Gasteiger partial charge >= 0.3 is 0 Å². The van der Waals surface area contributed by atoms with Gasteiger partial charge in [-0.25, -0.2) is 0 Å². The molecule has 2 aliphatic carbocycles. The molecule has 2 amide bonds. The number of carbonyl (C=O) groups excluding carboxylic acids is 2. The van der Waals surface area contributed by atoms with Crippen molar-refractivity contribution >= 4 is 17.6 Å². The number of hydrogen-bond acceptors (Lipinski definition) is 4. The molecule has 2 bridgehead atoms. The molecule has 2 aliphatic rings. The third kappa shape index (κ3) is 4.61. The van der Waals surface area contributed by atoms with Crippen LogP contribution in [0.4, 0.5) is 0 Å². The van der Waals surface area contributed by atoms with Gasteiger partial charge in [-0.05, 0) is 57.8 Å². The predicted molar refractivity (Wildman–Crippen MR) is 92.0 cm³/mol. The molecule has 0 aromatic heterocycles. The number of nitrogens with zero attached hydrogens (tertiary/aromatic N) is 1. The van der Waals surface area contributed by atoms with E-state index in [1.165, 1.54) is 32.6 Å². The number of hydrogen-bond donors (Lipinski definition) is 3. The van der Waals surface area contributed by atoms with Crippen molar-refractivity contribution < 1.29 is 14.4 Å². The number of carbonyl (C=O) groups is 2. The molecule has 4 atom stereocenters. The fraction of sp³-hybridized carbons (Fsp3) is 0.824. The highest BCUT2D eigenvalue weighted by atomic mass is 16.6. The van der Waals surface area contributed by atoms with Gasteiger partial charge < -0.3 is 21.2 Å². The van der Waals surface area contributed by atoms with Gasteiger partial charge in [0.15, 0.2) is 12.4 Å². The Hall–Kier alpha value is -1.79. The third-order valence-corrected chi connectivity index (χ3v) is 5.31. The average Bonchev–Trinajstić information content (AvgIpc) is 3.08. The van der Waals surface area contributed by atoms with E-state index in [0.29, 0.717) is 5.92 Å². The van der Waals surface area contributed by atoms with Gasteiger partial charge in [0, 0.05) is 13.0 Å². The van der Waals surface area contributed by atoms with Gasteiger partial charge in [0.1, 0.15) is 0 Å². The smallest absolute Gasteiger partial charge is 0.260 e. The first-order valence-electron chi connectivity index (χ1n) is 8.73. The minimum Gasteiger partial charge on any atom is -0.384 e. The van der Waals surface area contributed by atoms with Crippen molar-refractivity contribution in [3.8, 4) is 0 Å². The van der Waals surface area contributed by atoms with E-state index >= 15 is 0 Å². The summed E-state index contributed by atoms with van der Waals surface area (Å²) in [4.78, 5) is 28.2. The quantitative estimate of drug-likeness (QED) is 0.367. The minimum atomic E-state index is -0.821. The van der Waals surface area contributed by atoms with Crippen molar-refractivity contribution in [2.45, 2.75) is 65.0 Å². The minimum absolute atomic E-state index is 0.117. The van der Waals surface area contributed by atoms with Crippen LogP contribution in [0.3, 0.4) is 0 Å². The van der Waals surface area contributed by atoms with Crippen molar-refractivity contribution in [1.82, 2.24) is 10.6 Å². The van der Waals surface area contributed by atoms with E-state index in [2.05, 4.69) is 22.7 Å². The number of oxime groups is 1. The fourth-order valence-corrected chi connectivity index (χ4v) is 4.09. The second-order valence-electron chi connectivity index (χ2n) is 7.75. The zero-order chi connectivity index (χ0) is 17.9. The molecule has 136 valence electrons. The Morgan fingerprint density at radius 3 is 2.58 bits per heavy atom. The highest BCUT2D eigenvalue weighted by Gasteiger charge is 2.42. The van der Waals surface area contributed by atoms with Crippen LogP contribution in [0.1, 0.15) is 53.4 Å². The van der Waals surface area contributed by atoms with Crippen LogP contribution in [0.15, 0.2) is 5.16 Å². The number of amides is 2. The van der Waals surface area contributed by atoms with Crippen LogP contribution in [-0.4, -0.2) is 35.8 Å². The molecule has 2 saturated carbocycles. The zero-order valence-corrected chi connectivity index (χ0v) is 15.1. The van der Waals surface area contributed by atoms with Crippen LogP contribution in [0.25, 0.3) is 0 Å². The molecular formula is C17H30N4O3. The topological polar surface area (TPSA) is 106 Å². The molecule has 0 radical (unpaired) electrons. The van der Waals surface area contributed by atoms with Crippen LogP contribution in [-0.2, 0) is 14.4 Å². The van der Waals surface area contributed by atoms with Gasteiger partial charge in [0.2, 0.25) is 5.91 Å². The molecule has 7 nitrogen and oxygen atoms in total. The van der Waals surface area contributed by atoms with Crippen LogP contribution >= 0.6 is 0 Å². The summed E-state index contributed by atoms with van der Waals surface area (Å²) in [5.41, 5.74) is 4.99. The largest absolute Gasteiger partial charge is 0.384 e. The highest BCUT2D eigenvalue weighted by molar-refractivity contribution is 5.92. The van der Waals surface area contributed by atoms with E-state index in [-0.39, 0.29) is 30.3 Å². The number of rotatable bonds is 7. The standard InChI is InChI=1S/C17H30N4O3/c1-10(14-8-12-5-6-13(14)7-12)19-15(23)9-24-21-16(18)17(3,4)20-11(2)22/h10,12-14H,5-9H2,1-4H3,(H2,18,21)(H,19,23)(H,20,22)/t10-,12+,13+,14+/m1/s1. The summed E-state index contributed by atoms with van der Waals surface area (Å²) in [6.07, 6.45) is 5.19. The maximum atomic E-state index is 12.0. The lowest BCUT2D eigenvalue weighted by atomic mass is 9.84. The van der Waals surface area contributed by atoms with Gasteiger partial charge in [-0.3, -0.25) is 9.59 Å². The summed E-state index contributed by atoms with van der Waals surface area (Å²) in [6, 6.07) is 0.161. The predicted octanol–water partition coefficient (Wildman–Crippen LogP) is 1.13. The first-order valence-corrected chi connectivity index (χ1v) is 8.73. The summed E-state index contributed by atoms with van der Waals surface area (Å²) < 4.78 is 0. The molecule has 4 N–H and O–H groups in total. The van der Waals surface area contributed by atoms with Crippen molar-refractivity contribution in [3.63, 3.8) is 0 Å². The maximum Gasteiger partial charge on any atom is 0.260 e. The number of amidine groups is 1. The first-order chi connectivity index (χ1) is 11.2. The monoisotopic (exact) mass is 338 g/mol. The van der Waals surface area contributed by atoms with Crippen LogP contribution in [0, 0.1) is 17.8 Å². The summed E-state index contributed by atoms with van der Waals surface area (Å²) in [5.74, 6) is 1.91. The van der Waals surface area contributed by atoms with Crippen LogP contribution in [0.2, 0.25) is 0 Å². The Labute approximate surface area is 143 Å². The van der Waals surface area contributed by atoms with Gasteiger partial charge in [-0.15, -0.1) is 0 Å². The molecule has 0 aromatic rings. The van der Waals surface area contributed by atoms with Crippen molar-refractivity contribution in [3.05, 3.63) is 0 Å².